The van der Waals surface area contributed by atoms with Crippen LogP contribution in [0.15, 0.2) is 39.4 Å². The molecule has 1 amide bonds. The first kappa shape index (κ1) is 23.7. The summed E-state index contributed by atoms with van der Waals surface area (Å²) in [5, 5.41) is 12.7. The summed E-state index contributed by atoms with van der Waals surface area (Å²) in [6.45, 7) is 7.23. The first-order valence-corrected chi connectivity index (χ1v) is 12.0. The molecule has 1 saturated heterocycles. The molecule has 36 heavy (non-hydrogen) atoms. The van der Waals surface area contributed by atoms with Crippen molar-refractivity contribution in [1.29, 1.82) is 0 Å². The Balaban J connectivity index is 1.32. The molecular weight excluding hydrogens is 467 g/mol. The maximum atomic E-state index is 13.4. The van der Waals surface area contributed by atoms with E-state index in [-0.39, 0.29) is 36.0 Å². The van der Waals surface area contributed by atoms with Crippen LogP contribution in [0.2, 0.25) is 0 Å². The van der Waals surface area contributed by atoms with Crippen LogP contribution in [0.3, 0.4) is 0 Å². The van der Waals surface area contributed by atoms with Crippen LogP contribution in [0.25, 0.3) is 11.3 Å². The fourth-order valence-electron chi connectivity index (χ4n) is 4.58. The van der Waals surface area contributed by atoms with Crippen molar-refractivity contribution in [3.05, 3.63) is 64.9 Å². The minimum absolute atomic E-state index is 0.0378. The Morgan fingerprint density at radius 1 is 1.17 bits per heavy atom. The summed E-state index contributed by atoms with van der Waals surface area (Å²) >= 11 is 0. The molecule has 0 bridgehead atoms. The van der Waals surface area contributed by atoms with Crippen LogP contribution in [-0.2, 0) is 13.2 Å². The Hall–Kier alpha value is -4.02. The molecule has 1 atom stereocenters. The van der Waals surface area contributed by atoms with Gasteiger partial charge in [0.1, 0.15) is 11.6 Å². The number of likely N-dealkylation sites (tertiary alicyclic amines) is 1. The van der Waals surface area contributed by atoms with E-state index < -0.39 is 0 Å². The number of nitrogens with zero attached hydrogens (tertiary/aromatic N) is 6. The number of aromatic nitrogens is 5. The summed E-state index contributed by atoms with van der Waals surface area (Å²) in [6, 6.07) is 7.00. The monoisotopic (exact) mass is 494 g/mol. The highest BCUT2D eigenvalue weighted by atomic mass is 19.1. The summed E-state index contributed by atoms with van der Waals surface area (Å²) in [4.78, 5) is 19.6. The third kappa shape index (κ3) is 4.60. The van der Waals surface area contributed by atoms with Gasteiger partial charge in [-0.1, -0.05) is 10.3 Å². The molecule has 0 N–H and O–H groups in total. The molecule has 0 aliphatic carbocycles. The number of hydrogen-bond acceptors (Lipinski definition) is 8. The molecule has 0 radical (unpaired) electrons. The first-order chi connectivity index (χ1) is 17.4. The van der Waals surface area contributed by atoms with Crippen molar-refractivity contribution in [3.8, 4) is 17.1 Å². The van der Waals surface area contributed by atoms with Gasteiger partial charge >= 0.3 is 0 Å². The van der Waals surface area contributed by atoms with Gasteiger partial charge in [0, 0.05) is 24.8 Å². The van der Waals surface area contributed by atoms with Crippen molar-refractivity contribution in [2.24, 2.45) is 0 Å². The van der Waals surface area contributed by atoms with Crippen molar-refractivity contribution in [2.75, 3.05) is 6.54 Å². The molecule has 11 heteroatoms. The number of halogens is 1. The maximum Gasteiger partial charge on any atom is 0.276 e. The van der Waals surface area contributed by atoms with E-state index in [1.807, 2.05) is 25.5 Å². The molecule has 0 saturated carbocycles. The van der Waals surface area contributed by atoms with Gasteiger partial charge < -0.3 is 18.7 Å². The van der Waals surface area contributed by atoms with Gasteiger partial charge in [-0.3, -0.25) is 9.48 Å². The highest BCUT2D eigenvalue weighted by Gasteiger charge is 2.34. The third-order valence-electron chi connectivity index (χ3n) is 6.38. The topological polar surface area (TPSA) is 112 Å². The number of hydrogen-bond donors (Lipinski definition) is 0. The van der Waals surface area contributed by atoms with E-state index in [0.29, 0.717) is 30.3 Å². The van der Waals surface area contributed by atoms with Crippen molar-refractivity contribution < 1.29 is 23.0 Å². The number of rotatable bonds is 7. The summed E-state index contributed by atoms with van der Waals surface area (Å²) in [6.07, 6.45) is 2.51. The Bertz CT molecular complexity index is 1360. The molecule has 1 fully saturated rings. The Morgan fingerprint density at radius 3 is 2.72 bits per heavy atom. The van der Waals surface area contributed by atoms with Crippen molar-refractivity contribution in [2.45, 2.75) is 59.2 Å². The van der Waals surface area contributed by atoms with Gasteiger partial charge in [-0.15, -0.1) is 0 Å². The number of piperidine rings is 1. The molecule has 1 aromatic carbocycles. The third-order valence-corrected chi connectivity index (χ3v) is 6.38. The van der Waals surface area contributed by atoms with E-state index in [1.54, 1.807) is 11.0 Å². The van der Waals surface area contributed by atoms with Gasteiger partial charge in [0.15, 0.2) is 23.9 Å². The molecule has 1 unspecified atom stereocenters. The second-order valence-corrected chi connectivity index (χ2v) is 8.74. The van der Waals surface area contributed by atoms with Crippen LogP contribution in [0.4, 0.5) is 4.39 Å². The molecule has 1 aliphatic rings. The summed E-state index contributed by atoms with van der Waals surface area (Å²) in [5.74, 6) is 1.10. The van der Waals surface area contributed by atoms with E-state index >= 15 is 0 Å². The van der Waals surface area contributed by atoms with Crippen LogP contribution in [-0.4, -0.2) is 42.4 Å². The maximum absolute atomic E-state index is 13.4. The number of ether oxygens (including phenoxy) is 1. The molecule has 188 valence electrons. The van der Waals surface area contributed by atoms with E-state index in [0.717, 1.165) is 36.3 Å². The molecule has 10 nitrogen and oxygen atoms in total. The lowest BCUT2D eigenvalue weighted by atomic mass is 10.0. The van der Waals surface area contributed by atoms with E-state index in [2.05, 4.69) is 20.4 Å². The molecule has 3 aromatic heterocycles. The Labute approximate surface area is 207 Å². The molecular formula is C25H27FN6O4. The standard InChI is InChI=1S/C25H27FN6O4/c1-4-32-16(3)23(15(2)28-32)21-13-19(29-35-21)25(33)31-12-6-5-7-20(31)24-27-22(36-30-24)14-34-18-10-8-17(26)9-11-18/h8-11,13,20H,4-7,12,14H2,1-3H3. The van der Waals surface area contributed by atoms with Crippen molar-refractivity contribution in [3.63, 3.8) is 0 Å². The first-order valence-electron chi connectivity index (χ1n) is 12.0. The Morgan fingerprint density at radius 2 is 1.97 bits per heavy atom. The largest absolute Gasteiger partial charge is 0.484 e. The SMILES string of the molecule is CCn1nc(C)c(-c2cc(C(=O)N3CCCCC3c3noc(COc4ccc(F)cc4)n3)no2)c1C. The van der Waals surface area contributed by atoms with Crippen LogP contribution in [0.5, 0.6) is 5.75 Å². The number of benzene rings is 1. The molecule has 5 rings (SSSR count). The summed E-state index contributed by atoms with van der Waals surface area (Å²) < 4.78 is 31.5. The zero-order valence-corrected chi connectivity index (χ0v) is 20.4. The van der Waals surface area contributed by atoms with Gasteiger partial charge in [0.25, 0.3) is 11.8 Å². The van der Waals surface area contributed by atoms with Gasteiger partial charge in [-0.2, -0.15) is 10.1 Å². The zero-order chi connectivity index (χ0) is 25.2. The molecule has 0 spiro atoms. The van der Waals surface area contributed by atoms with E-state index in [4.69, 9.17) is 13.8 Å². The molecule has 4 aromatic rings. The lowest BCUT2D eigenvalue weighted by molar-refractivity contribution is 0.0586. The normalized spacial score (nSPS) is 15.9. The highest BCUT2D eigenvalue weighted by molar-refractivity contribution is 5.93. The highest BCUT2D eigenvalue weighted by Crippen LogP contribution is 2.32. The minimum Gasteiger partial charge on any atom is -0.484 e. The van der Waals surface area contributed by atoms with Gasteiger partial charge in [0.2, 0.25) is 0 Å². The van der Waals surface area contributed by atoms with Crippen molar-refractivity contribution >= 4 is 5.91 Å². The smallest absolute Gasteiger partial charge is 0.276 e. The predicted octanol–water partition coefficient (Wildman–Crippen LogP) is 4.64. The van der Waals surface area contributed by atoms with E-state index in [9.17, 15) is 9.18 Å². The number of carbonyl (C=O) groups is 1. The second-order valence-electron chi connectivity index (χ2n) is 8.74. The van der Waals surface area contributed by atoms with Gasteiger partial charge in [0.05, 0.1) is 17.3 Å². The number of aryl methyl sites for hydroxylation is 2. The minimum atomic E-state index is -0.346. The lowest BCUT2D eigenvalue weighted by Gasteiger charge is -2.33. The summed E-state index contributed by atoms with van der Waals surface area (Å²) in [7, 11) is 0. The number of amides is 1. The predicted molar refractivity (Wildman–Crippen MR) is 126 cm³/mol. The quantitative estimate of drug-likeness (QED) is 0.365. The van der Waals surface area contributed by atoms with Crippen LogP contribution in [0.1, 0.15) is 65.8 Å². The van der Waals surface area contributed by atoms with Crippen LogP contribution < -0.4 is 4.74 Å². The average Bonchev–Trinajstić information content (AvgIpc) is 3.62. The second kappa shape index (κ2) is 9.92. The number of carbonyl (C=O) groups excluding carboxylic acids is 1. The summed E-state index contributed by atoms with van der Waals surface area (Å²) in [5.41, 5.74) is 2.86. The van der Waals surface area contributed by atoms with Crippen LogP contribution in [0, 0.1) is 19.7 Å². The fourth-order valence-corrected chi connectivity index (χ4v) is 4.58. The van der Waals surface area contributed by atoms with E-state index in [1.165, 1.54) is 24.3 Å². The zero-order valence-electron chi connectivity index (χ0n) is 20.4. The van der Waals surface area contributed by atoms with Gasteiger partial charge in [-0.05, 0) is 64.3 Å². The average molecular weight is 495 g/mol. The van der Waals surface area contributed by atoms with Crippen LogP contribution >= 0.6 is 0 Å². The molecule has 1 aliphatic heterocycles. The lowest BCUT2D eigenvalue weighted by Crippen LogP contribution is -2.39. The van der Waals surface area contributed by atoms with Gasteiger partial charge in [-0.25, -0.2) is 4.39 Å². The molecule has 4 heterocycles. The Kier molecular flexibility index (Phi) is 6.53. The van der Waals surface area contributed by atoms with Crippen molar-refractivity contribution in [1.82, 2.24) is 30.0 Å². The fraction of sp³-hybridized carbons (Fsp3) is 0.400.